The van der Waals surface area contributed by atoms with E-state index in [1.807, 2.05) is 54.6 Å². The third kappa shape index (κ3) is 6.42. The van der Waals surface area contributed by atoms with Gasteiger partial charge in [0.15, 0.2) is 23.0 Å². The highest BCUT2D eigenvalue weighted by atomic mass is 16.5. The highest BCUT2D eigenvalue weighted by Gasteiger charge is 2.13. The highest BCUT2D eigenvalue weighted by molar-refractivity contribution is 6.05. The molecule has 0 unspecified atom stereocenters. The van der Waals surface area contributed by atoms with Crippen molar-refractivity contribution in [3.63, 3.8) is 0 Å². The van der Waals surface area contributed by atoms with Gasteiger partial charge in [-0.2, -0.15) is 0 Å². The van der Waals surface area contributed by atoms with E-state index < -0.39 is 0 Å². The summed E-state index contributed by atoms with van der Waals surface area (Å²) in [5.74, 6) is 3.05. The van der Waals surface area contributed by atoms with Crippen LogP contribution in [0.1, 0.15) is 21.5 Å². The van der Waals surface area contributed by atoms with Crippen molar-refractivity contribution in [2.75, 3.05) is 39.5 Å². The molecule has 0 fully saturated rings. The van der Waals surface area contributed by atoms with Crippen molar-refractivity contribution < 1.29 is 28.5 Å². The van der Waals surface area contributed by atoms with Crippen molar-refractivity contribution in [2.45, 2.75) is 0 Å². The van der Waals surface area contributed by atoms with Gasteiger partial charge in [-0.1, -0.05) is 30.4 Å². The Balaban J connectivity index is 1.51. The Labute approximate surface area is 227 Å². The van der Waals surface area contributed by atoms with Gasteiger partial charge in [-0.05, 0) is 71.8 Å². The lowest BCUT2D eigenvalue weighted by Crippen LogP contribution is -2.12. The maximum absolute atomic E-state index is 12.6. The zero-order valence-electron chi connectivity index (χ0n) is 22.2. The molecule has 0 aliphatic carbocycles. The minimum atomic E-state index is -0.268. The van der Waals surface area contributed by atoms with Crippen LogP contribution >= 0.6 is 0 Å². The Kier molecular flexibility index (Phi) is 8.58. The third-order valence-electron chi connectivity index (χ3n) is 5.90. The van der Waals surface area contributed by atoms with E-state index in [1.165, 1.54) is 0 Å². The maximum Gasteiger partial charge on any atom is 0.255 e. The average molecular weight is 527 g/mol. The molecule has 0 saturated heterocycles. The number of nitrogens with one attached hydrogen (secondary N) is 1. The molecule has 1 amide bonds. The molecule has 4 rings (SSSR count). The molecule has 0 saturated carbocycles. The van der Waals surface area contributed by atoms with Crippen LogP contribution in [-0.2, 0) is 0 Å². The summed E-state index contributed by atoms with van der Waals surface area (Å²) in [6.07, 6.45) is 3.87. The molecule has 3 N–H and O–H groups in total. The van der Waals surface area contributed by atoms with Gasteiger partial charge >= 0.3 is 0 Å². The van der Waals surface area contributed by atoms with E-state index in [0.717, 1.165) is 11.1 Å². The second-order valence-corrected chi connectivity index (χ2v) is 8.37. The molecule has 4 aromatic carbocycles. The number of nitrogens with two attached hydrogens (primary N) is 1. The number of ether oxygens (including phenoxy) is 5. The van der Waals surface area contributed by atoms with Crippen LogP contribution in [-0.4, -0.2) is 34.3 Å². The standard InChI is InChI=1S/C31H30N2O6/c1-35-26-16-11-20(9-10-21-18-28(36-2)30(38-4)29(19-21)37-3)17-27(26)39-23-14-12-22(13-15-23)31(34)33-25-8-6-5-7-24(25)32/h5-19H,32H2,1-4H3,(H,33,34)/b10-9-. The first kappa shape index (κ1) is 26.9. The number of carbonyl (C=O) groups excluding carboxylic acids is 1. The highest BCUT2D eigenvalue weighted by Crippen LogP contribution is 2.39. The molecule has 0 spiro atoms. The van der Waals surface area contributed by atoms with Crippen LogP contribution in [0.5, 0.6) is 34.5 Å². The topological polar surface area (TPSA) is 101 Å². The molecular formula is C31H30N2O6. The Morgan fingerprint density at radius 2 is 1.31 bits per heavy atom. The second kappa shape index (κ2) is 12.4. The first-order valence-electron chi connectivity index (χ1n) is 12.1. The Morgan fingerprint density at radius 3 is 1.92 bits per heavy atom. The monoisotopic (exact) mass is 526 g/mol. The van der Waals surface area contributed by atoms with Crippen molar-refractivity contribution in [3.05, 3.63) is 95.6 Å². The van der Waals surface area contributed by atoms with Crippen LogP contribution in [0.4, 0.5) is 11.4 Å². The number of hydrogen-bond donors (Lipinski definition) is 2. The fraction of sp³-hybridized carbons (Fsp3) is 0.129. The molecule has 4 aromatic rings. The van der Waals surface area contributed by atoms with Gasteiger partial charge in [0.1, 0.15) is 5.75 Å². The fourth-order valence-corrected chi connectivity index (χ4v) is 3.87. The number of amides is 1. The van der Waals surface area contributed by atoms with Gasteiger partial charge in [0.25, 0.3) is 5.91 Å². The molecule has 0 aliphatic rings. The van der Waals surface area contributed by atoms with E-state index in [2.05, 4.69) is 5.32 Å². The lowest BCUT2D eigenvalue weighted by molar-refractivity contribution is 0.102. The van der Waals surface area contributed by atoms with Gasteiger partial charge in [0.05, 0.1) is 39.8 Å². The summed E-state index contributed by atoms with van der Waals surface area (Å²) in [5.41, 5.74) is 9.20. The molecule has 0 heterocycles. The van der Waals surface area contributed by atoms with Crippen molar-refractivity contribution in [3.8, 4) is 34.5 Å². The molecule has 0 radical (unpaired) electrons. The van der Waals surface area contributed by atoms with Crippen LogP contribution in [0.25, 0.3) is 12.2 Å². The molecule has 0 aliphatic heterocycles. The van der Waals surface area contributed by atoms with Gasteiger partial charge in [0, 0.05) is 5.56 Å². The van der Waals surface area contributed by atoms with Crippen LogP contribution in [0.15, 0.2) is 78.9 Å². The Bertz CT molecular complexity index is 1460. The number of para-hydroxylation sites is 2. The average Bonchev–Trinajstić information content (AvgIpc) is 2.97. The summed E-state index contributed by atoms with van der Waals surface area (Å²) in [7, 11) is 6.31. The first-order chi connectivity index (χ1) is 18.9. The molecule has 0 aromatic heterocycles. The molecular weight excluding hydrogens is 496 g/mol. The summed E-state index contributed by atoms with van der Waals surface area (Å²) >= 11 is 0. The SMILES string of the molecule is COc1ccc(/C=C\c2cc(OC)c(OC)c(OC)c2)cc1Oc1ccc(C(=O)Nc2ccccc2N)cc1. The molecule has 8 heteroatoms. The van der Waals surface area contributed by atoms with Gasteiger partial charge in [-0.25, -0.2) is 0 Å². The summed E-state index contributed by atoms with van der Waals surface area (Å²) in [6.45, 7) is 0. The van der Waals surface area contributed by atoms with Crippen LogP contribution in [0.2, 0.25) is 0 Å². The lowest BCUT2D eigenvalue weighted by Gasteiger charge is -2.13. The van der Waals surface area contributed by atoms with Crippen LogP contribution < -0.4 is 34.7 Å². The summed E-state index contributed by atoms with van der Waals surface area (Å²) in [6, 6.07) is 23.3. The predicted molar refractivity (Wildman–Crippen MR) is 153 cm³/mol. The summed E-state index contributed by atoms with van der Waals surface area (Å²) in [4.78, 5) is 12.6. The van der Waals surface area contributed by atoms with Crippen molar-refractivity contribution in [1.29, 1.82) is 0 Å². The number of anilines is 2. The second-order valence-electron chi connectivity index (χ2n) is 8.37. The number of carbonyl (C=O) groups is 1. The zero-order chi connectivity index (χ0) is 27.8. The van der Waals surface area contributed by atoms with E-state index in [4.69, 9.17) is 29.4 Å². The molecule has 0 bridgehead atoms. The van der Waals surface area contributed by atoms with Gasteiger partial charge in [0.2, 0.25) is 5.75 Å². The van der Waals surface area contributed by atoms with Crippen molar-refractivity contribution in [2.24, 2.45) is 0 Å². The van der Waals surface area contributed by atoms with Crippen molar-refractivity contribution >= 4 is 29.4 Å². The quantitative estimate of drug-likeness (QED) is 0.179. The molecule has 8 nitrogen and oxygen atoms in total. The lowest BCUT2D eigenvalue weighted by atomic mass is 10.1. The van der Waals surface area contributed by atoms with Crippen LogP contribution in [0, 0.1) is 0 Å². The summed E-state index contributed by atoms with van der Waals surface area (Å²) in [5, 5.41) is 2.81. The maximum atomic E-state index is 12.6. The van der Waals surface area contributed by atoms with Gasteiger partial charge < -0.3 is 34.7 Å². The molecule has 200 valence electrons. The summed E-state index contributed by atoms with van der Waals surface area (Å²) < 4.78 is 27.9. The van der Waals surface area contributed by atoms with E-state index in [1.54, 1.807) is 64.8 Å². The Hall–Kier alpha value is -5.11. The number of nitrogen functional groups attached to an aromatic ring is 1. The van der Waals surface area contributed by atoms with Gasteiger partial charge in [-0.3, -0.25) is 4.79 Å². The zero-order valence-corrected chi connectivity index (χ0v) is 22.2. The number of rotatable bonds is 10. The largest absolute Gasteiger partial charge is 0.493 e. The predicted octanol–water partition coefficient (Wildman–Crippen LogP) is 6.52. The Morgan fingerprint density at radius 1 is 0.692 bits per heavy atom. The minimum absolute atomic E-state index is 0.268. The normalized spacial score (nSPS) is 10.7. The number of hydrogen-bond acceptors (Lipinski definition) is 7. The third-order valence-corrected chi connectivity index (χ3v) is 5.90. The fourth-order valence-electron chi connectivity index (χ4n) is 3.87. The van der Waals surface area contributed by atoms with E-state index in [-0.39, 0.29) is 5.91 Å². The van der Waals surface area contributed by atoms with Crippen LogP contribution in [0.3, 0.4) is 0 Å². The van der Waals surface area contributed by atoms with E-state index in [0.29, 0.717) is 51.4 Å². The number of benzene rings is 4. The smallest absolute Gasteiger partial charge is 0.255 e. The minimum Gasteiger partial charge on any atom is -0.493 e. The molecule has 39 heavy (non-hydrogen) atoms. The first-order valence-corrected chi connectivity index (χ1v) is 12.1. The van der Waals surface area contributed by atoms with E-state index >= 15 is 0 Å². The van der Waals surface area contributed by atoms with Crippen molar-refractivity contribution in [1.82, 2.24) is 0 Å². The molecule has 0 atom stereocenters. The van der Waals surface area contributed by atoms with E-state index in [9.17, 15) is 4.79 Å². The van der Waals surface area contributed by atoms with Gasteiger partial charge in [-0.15, -0.1) is 0 Å². The number of methoxy groups -OCH3 is 4.